The van der Waals surface area contributed by atoms with Gasteiger partial charge in [-0.1, -0.05) is 48.5 Å². The molecule has 0 saturated carbocycles. The van der Waals surface area contributed by atoms with Gasteiger partial charge in [0, 0.05) is 37.1 Å². The zero-order valence-electron chi connectivity index (χ0n) is 13.8. The molecule has 0 unspecified atom stereocenters. The molecule has 0 radical (unpaired) electrons. The van der Waals surface area contributed by atoms with Crippen LogP contribution >= 0.6 is 0 Å². The van der Waals surface area contributed by atoms with Crippen molar-refractivity contribution in [1.82, 2.24) is 15.5 Å². The van der Waals surface area contributed by atoms with E-state index in [2.05, 4.69) is 64.0 Å². The van der Waals surface area contributed by atoms with E-state index >= 15 is 0 Å². The Bertz CT molecular complexity index is 791. The summed E-state index contributed by atoms with van der Waals surface area (Å²) in [6, 6.07) is 17.2. The third kappa shape index (κ3) is 2.95. The van der Waals surface area contributed by atoms with Crippen LogP contribution in [0.1, 0.15) is 24.0 Å². The number of hydrogen-bond donors (Lipinski definition) is 2. The SMILES string of the molecule is c1ccc(C2(CNCc3cccc4cn[nH]c34)CCOCC2)cc1. The van der Waals surface area contributed by atoms with Gasteiger partial charge in [-0.25, -0.2) is 0 Å². The number of benzene rings is 2. The van der Waals surface area contributed by atoms with E-state index in [1.807, 2.05) is 6.20 Å². The van der Waals surface area contributed by atoms with Crippen molar-refractivity contribution in [2.24, 2.45) is 0 Å². The van der Waals surface area contributed by atoms with Crippen molar-refractivity contribution in [3.8, 4) is 0 Å². The highest BCUT2D eigenvalue weighted by atomic mass is 16.5. The minimum absolute atomic E-state index is 0.168. The van der Waals surface area contributed by atoms with Crippen LogP contribution in [-0.2, 0) is 16.7 Å². The molecule has 1 saturated heterocycles. The van der Waals surface area contributed by atoms with E-state index in [0.29, 0.717) is 0 Å². The summed E-state index contributed by atoms with van der Waals surface area (Å²) < 4.78 is 5.62. The molecule has 1 aromatic heterocycles. The minimum atomic E-state index is 0.168. The maximum absolute atomic E-state index is 5.62. The van der Waals surface area contributed by atoms with Gasteiger partial charge in [0.2, 0.25) is 0 Å². The second-order valence-electron chi connectivity index (χ2n) is 6.61. The van der Waals surface area contributed by atoms with Crippen LogP contribution in [0.5, 0.6) is 0 Å². The van der Waals surface area contributed by atoms with Crippen molar-refractivity contribution in [3.05, 3.63) is 65.9 Å². The highest BCUT2D eigenvalue weighted by Crippen LogP contribution is 2.34. The van der Waals surface area contributed by atoms with Gasteiger partial charge >= 0.3 is 0 Å². The second-order valence-corrected chi connectivity index (χ2v) is 6.61. The van der Waals surface area contributed by atoms with Crippen LogP contribution in [-0.4, -0.2) is 30.0 Å². The Morgan fingerprint density at radius 2 is 1.88 bits per heavy atom. The first kappa shape index (κ1) is 15.4. The predicted molar refractivity (Wildman–Crippen MR) is 96.0 cm³/mol. The summed E-state index contributed by atoms with van der Waals surface area (Å²) in [5, 5.41) is 12.1. The Labute approximate surface area is 142 Å². The van der Waals surface area contributed by atoms with Gasteiger partial charge in [0.15, 0.2) is 0 Å². The first-order valence-electron chi connectivity index (χ1n) is 8.62. The molecule has 4 heteroatoms. The average Bonchev–Trinajstić information content (AvgIpc) is 3.13. The van der Waals surface area contributed by atoms with Crippen LogP contribution in [0, 0.1) is 0 Å². The smallest absolute Gasteiger partial charge is 0.0695 e. The molecule has 4 nitrogen and oxygen atoms in total. The van der Waals surface area contributed by atoms with Crippen LogP contribution in [0.2, 0.25) is 0 Å². The van der Waals surface area contributed by atoms with Crippen molar-refractivity contribution in [2.75, 3.05) is 19.8 Å². The van der Waals surface area contributed by atoms with Gasteiger partial charge < -0.3 is 10.1 Å². The Morgan fingerprint density at radius 3 is 2.71 bits per heavy atom. The number of nitrogens with one attached hydrogen (secondary N) is 2. The Balaban J connectivity index is 1.51. The number of rotatable bonds is 5. The maximum Gasteiger partial charge on any atom is 0.0695 e. The van der Waals surface area contributed by atoms with Gasteiger partial charge in [-0.3, -0.25) is 5.10 Å². The first-order valence-corrected chi connectivity index (χ1v) is 8.62. The zero-order valence-corrected chi connectivity index (χ0v) is 13.8. The molecule has 1 aliphatic heterocycles. The van der Waals surface area contributed by atoms with E-state index in [4.69, 9.17) is 4.74 Å². The topological polar surface area (TPSA) is 49.9 Å². The van der Waals surface area contributed by atoms with Crippen molar-refractivity contribution >= 4 is 10.9 Å². The molecule has 4 rings (SSSR count). The molecule has 1 fully saturated rings. The van der Waals surface area contributed by atoms with Crippen molar-refractivity contribution in [3.63, 3.8) is 0 Å². The number of hydrogen-bond acceptors (Lipinski definition) is 3. The lowest BCUT2D eigenvalue weighted by Gasteiger charge is -2.38. The van der Waals surface area contributed by atoms with Gasteiger partial charge in [0.1, 0.15) is 0 Å². The van der Waals surface area contributed by atoms with Gasteiger partial charge in [-0.05, 0) is 24.0 Å². The monoisotopic (exact) mass is 321 g/mol. The highest BCUT2D eigenvalue weighted by molar-refractivity contribution is 5.81. The maximum atomic E-state index is 5.62. The summed E-state index contributed by atoms with van der Waals surface area (Å²) in [5.74, 6) is 0. The Kier molecular flexibility index (Phi) is 4.32. The largest absolute Gasteiger partial charge is 0.381 e. The summed E-state index contributed by atoms with van der Waals surface area (Å²) in [6.45, 7) is 3.49. The van der Waals surface area contributed by atoms with Gasteiger partial charge in [-0.2, -0.15) is 5.10 Å². The van der Waals surface area contributed by atoms with Crippen LogP contribution in [0.3, 0.4) is 0 Å². The van der Waals surface area contributed by atoms with E-state index in [0.717, 1.165) is 50.0 Å². The number of aromatic nitrogens is 2. The molecule has 2 aromatic carbocycles. The lowest BCUT2D eigenvalue weighted by molar-refractivity contribution is 0.0498. The molecular weight excluding hydrogens is 298 g/mol. The van der Waals surface area contributed by atoms with E-state index in [-0.39, 0.29) is 5.41 Å². The third-order valence-electron chi connectivity index (χ3n) is 5.18. The van der Waals surface area contributed by atoms with E-state index in [1.54, 1.807) is 0 Å². The van der Waals surface area contributed by atoms with Crippen LogP contribution in [0.15, 0.2) is 54.7 Å². The molecule has 2 N–H and O–H groups in total. The normalized spacial score (nSPS) is 17.2. The summed E-state index contributed by atoms with van der Waals surface area (Å²) in [6.07, 6.45) is 4.01. The molecule has 24 heavy (non-hydrogen) atoms. The molecular formula is C20H23N3O. The minimum Gasteiger partial charge on any atom is -0.381 e. The lowest BCUT2D eigenvalue weighted by Crippen LogP contribution is -2.42. The van der Waals surface area contributed by atoms with Crippen LogP contribution in [0.4, 0.5) is 0 Å². The number of H-pyrrole nitrogens is 1. The molecule has 0 aliphatic carbocycles. The number of aromatic amines is 1. The fraction of sp³-hybridized carbons (Fsp3) is 0.350. The van der Waals surface area contributed by atoms with Crippen molar-refractivity contribution < 1.29 is 4.74 Å². The van der Waals surface area contributed by atoms with Gasteiger partial charge in [-0.15, -0.1) is 0 Å². The molecule has 0 spiro atoms. The zero-order chi connectivity index (χ0) is 16.2. The standard InChI is InChI=1S/C20H23N3O/c1-2-7-18(8-3-1)20(9-11-24-12-10-20)15-21-13-16-5-4-6-17-14-22-23-19(16)17/h1-8,14,21H,9-13,15H2,(H,22,23). The summed E-state index contributed by atoms with van der Waals surface area (Å²) in [7, 11) is 0. The van der Waals surface area contributed by atoms with Gasteiger partial charge in [0.05, 0.1) is 11.7 Å². The molecule has 124 valence electrons. The lowest BCUT2D eigenvalue weighted by atomic mass is 9.74. The molecule has 0 atom stereocenters. The van der Waals surface area contributed by atoms with Crippen molar-refractivity contribution in [1.29, 1.82) is 0 Å². The average molecular weight is 321 g/mol. The number of nitrogens with zero attached hydrogens (tertiary/aromatic N) is 1. The van der Waals surface area contributed by atoms with Crippen LogP contribution < -0.4 is 5.32 Å². The molecule has 1 aliphatic rings. The predicted octanol–water partition coefficient (Wildman–Crippen LogP) is 3.40. The summed E-state index contributed by atoms with van der Waals surface area (Å²) in [5.41, 5.74) is 3.98. The molecule has 3 aromatic rings. The van der Waals surface area contributed by atoms with E-state index < -0.39 is 0 Å². The Hall–Kier alpha value is -2.17. The number of ether oxygens (including phenoxy) is 1. The number of para-hydroxylation sites is 1. The fourth-order valence-electron chi connectivity index (χ4n) is 3.74. The van der Waals surface area contributed by atoms with E-state index in [1.165, 1.54) is 11.1 Å². The molecule has 0 amide bonds. The first-order chi connectivity index (χ1) is 11.9. The quantitative estimate of drug-likeness (QED) is 0.757. The summed E-state index contributed by atoms with van der Waals surface area (Å²) in [4.78, 5) is 0. The van der Waals surface area contributed by atoms with Crippen molar-refractivity contribution in [2.45, 2.75) is 24.8 Å². The highest BCUT2D eigenvalue weighted by Gasteiger charge is 2.33. The number of fused-ring (bicyclic) bond motifs is 1. The van der Waals surface area contributed by atoms with Gasteiger partial charge in [0.25, 0.3) is 0 Å². The van der Waals surface area contributed by atoms with Crippen LogP contribution in [0.25, 0.3) is 10.9 Å². The Morgan fingerprint density at radius 1 is 1.04 bits per heavy atom. The second kappa shape index (κ2) is 6.75. The van der Waals surface area contributed by atoms with E-state index in [9.17, 15) is 0 Å². The fourth-order valence-corrected chi connectivity index (χ4v) is 3.74. The summed E-state index contributed by atoms with van der Waals surface area (Å²) >= 11 is 0. The molecule has 2 heterocycles. The molecule has 0 bridgehead atoms. The third-order valence-corrected chi connectivity index (χ3v) is 5.18.